The molecule has 4 N–H and O–H groups in total. The van der Waals surface area contributed by atoms with E-state index in [0.717, 1.165) is 212 Å². The number of rotatable bonds is 15. The van der Waals surface area contributed by atoms with Crippen LogP contribution < -0.4 is 20.7 Å². The van der Waals surface area contributed by atoms with Crippen molar-refractivity contribution in [3.05, 3.63) is 497 Å². The van der Waals surface area contributed by atoms with Crippen molar-refractivity contribution in [1.82, 2.24) is 15.0 Å². The van der Waals surface area contributed by atoms with Gasteiger partial charge in [0.05, 0.1) is 44.9 Å². The highest BCUT2D eigenvalue weighted by atomic mass is 14.9. The first kappa shape index (κ1) is 68.0. The van der Waals surface area contributed by atoms with Gasteiger partial charge >= 0.3 is 0 Å². The lowest BCUT2D eigenvalue weighted by Gasteiger charge is -2.18. The summed E-state index contributed by atoms with van der Waals surface area (Å²) in [6.45, 7) is 0. The fourth-order valence-corrected chi connectivity index (χ4v) is 16.8. The second-order valence-electron chi connectivity index (χ2n) is 28.7. The zero-order valence-corrected chi connectivity index (χ0v) is 62.2. The number of hydrogen-bond donors (Lipinski definition) is 2. The van der Waals surface area contributed by atoms with E-state index < -0.39 is 0 Å². The minimum atomic E-state index is 0.778. The minimum absolute atomic E-state index is 0.778. The largest absolute Gasteiger partial charge is 0.353 e. The first-order valence-electron chi connectivity index (χ1n) is 38.7. The lowest BCUT2D eigenvalue weighted by molar-refractivity contribution is -0.365. The quantitative estimate of drug-likeness (QED) is 0.105. The van der Waals surface area contributed by atoms with Crippen LogP contribution in [0.2, 0.25) is 0 Å². The Bertz CT molecular complexity index is 6740. The molecule has 114 heavy (non-hydrogen) atoms. The number of nitrogens with one attached hydrogen (secondary N) is 4. The van der Waals surface area contributed by atoms with Gasteiger partial charge < -0.3 is 9.97 Å². The van der Waals surface area contributed by atoms with Gasteiger partial charge in [0.25, 0.3) is 0 Å². The van der Waals surface area contributed by atoms with Gasteiger partial charge in [-0.15, -0.1) is 0 Å². The molecule has 2 aliphatic heterocycles. The summed E-state index contributed by atoms with van der Waals surface area (Å²) in [6, 6.07) is 146. The molecule has 0 radical (unpaired) electrons. The molecule has 0 saturated heterocycles. The number of H-pyrrole nitrogens is 4. The van der Waals surface area contributed by atoms with Crippen molar-refractivity contribution in [2.24, 2.45) is 9.98 Å². The van der Waals surface area contributed by atoms with E-state index in [1.54, 1.807) is 0 Å². The van der Waals surface area contributed by atoms with Crippen molar-refractivity contribution < 1.29 is 9.97 Å². The molecule has 0 fully saturated rings. The van der Waals surface area contributed by atoms with Gasteiger partial charge in [-0.05, 0) is 102 Å². The minimum Gasteiger partial charge on any atom is -0.353 e. The predicted octanol–water partition coefficient (Wildman–Crippen LogP) is 22.8. The SMILES string of the molecule is c1ccc(C2=C(c3ccccc3)C3=C(c4ccccc4)c4[nH]c(c(-c5ccccc5)c4-c4ccccc4)C(c4ccc(-c5cc(-c6cccc[nH+]6)nc(-c6cccc[nH+]6)c5)cc4)=C4N=C(C(c5ccccc5)=C4c4ccccc4)C(c4ccccc4)=c4[nH]c(c(-c5ccccc5)c4-c4ccccc4)=C(c4ccccc4)C2=N3)cc1. The van der Waals surface area contributed by atoms with Crippen LogP contribution in [0, 0.1) is 0 Å². The fraction of sp³-hybridized carbons (Fsp3) is 0. The van der Waals surface area contributed by atoms with Crippen LogP contribution >= 0.6 is 0 Å². The first-order valence-corrected chi connectivity index (χ1v) is 38.7. The Morgan fingerprint density at radius 3 is 0.754 bits per heavy atom. The van der Waals surface area contributed by atoms with Gasteiger partial charge in [-0.25, -0.2) is 24.9 Å². The molecule has 5 aromatic heterocycles. The predicted molar refractivity (Wildman–Crippen MR) is 467 cm³/mol. The van der Waals surface area contributed by atoms with Crippen molar-refractivity contribution in [2.45, 2.75) is 0 Å². The summed E-state index contributed by atoms with van der Waals surface area (Å²) in [4.78, 5) is 34.6. The van der Waals surface area contributed by atoms with Crippen molar-refractivity contribution in [1.29, 1.82) is 0 Å². The maximum Gasteiger partial charge on any atom is 0.229 e. The van der Waals surface area contributed by atoms with Crippen LogP contribution in [-0.2, 0) is 0 Å². The second kappa shape index (κ2) is 29.9. The molecule has 0 amide bonds. The van der Waals surface area contributed by atoms with Crippen molar-refractivity contribution in [3.63, 3.8) is 0 Å². The van der Waals surface area contributed by atoms with E-state index in [0.29, 0.717) is 0 Å². The molecule has 0 spiro atoms. The summed E-state index contributed by atoms with van der Waals surface area (Å²) in [5, 5.41) is 1.78. The van der Waals surface area contributed by atoms with Gasteiger partial charge in [-0.1, -0.05) is 358 Å². The number of nitrogens with zero attached hydrogens (tertiary/aromatic N) is 3. The van der Waals surface area contributed by atoms with Crippen LogP contribution in [-0.4, -0.2) is 26.4 Å². The van der Waals surface area contributed by atoms with Gasteiger partial charge in [0.15, 0.2) is 12.4 Å². The molecule has 3 aliphatic rings. The standard InChI is InChI=1S/C107H71N7/c1-12-38-71(39-13-1)88-90(73-42-16-3-17-43-73)102-97(80-56-30-10-31-57-80)104-92(75-46-20-5-21-47-75)94(77-50-24-7-25-51-77)106(113-104)99(82-64-62-70(63-65-82)83-68-86(84-60-34-36-66-108-84)110-87(69-83)85-61-35-37-67-109-85)107-95(78-52-26-8-27-53-78)93(76-48-22-6-23-49-76)105(114-107)98(81-58-32-11-33-59-81)103-91(74-44-18-4-19-45-74)89(72-40-14-2-15-41-72)101(112-103)96(100(88)111-102)79-54-28-9-29-55-79/h1-69,111,114H/p+2. The maximum absolute atomic E-state index is 6.64. The molecular weight excluding hydrogens is 1380 g/mol. The van der Waals surface area contributed by atoms with E-state index in [2.05, 4.69) is 402 Å². The summed E-state index contributed by atoms with van der Waals surface area (Å²) in [5.74, 6) is 0. The zero-order valence-electron chi connectivity index (χ0n) is 62.2. The van der Waals surface area contributed by atoms with Crippen LogP contribution in [0.1, 0.15) is 55.9 Å². The Labute approximate surface area is 661 Å². The Morgan fingerprint density at radius 2 is 0.447 bits per heavy atom. The number of pyridine rings is 3. The summed E-state index contributed by atoms with van der Waals surface area (Å²) in [7, 11) is 0. The van der Waals surface area contributed by atoms with Gasteiger partial charge in [0, 0.05) is 91.1 Å². The summed E-state index contributed by atoms with van der Waals surface area (Å²) >= 11 is 0. The highest BCUT2D eigenvalue weighted by molar-refractivity contribution is 6.53. The highest BCUT2D eigenvalue weighted by Crippen LogP contribution is 2.55. The van der Waals surface area contributed by atoms with Crippen LogP contribution in [0.3, 0.4) is 0 Å². The molecule has 534 valence electrons. The molecule has 0 saturated carbocycles. The van der Waals surface area contributed by atoms with E-state index in [9.17, 15) is 0 Å². The van der Waals surface area contributed by atoms with E-state index in [4.69, 9.17) is 15.0 Å². The molecule has 0 unspecified atom stereocenters. The number of benzene rings is 12. The monoisotopic (exact) mass is 1460 g/mol. The third-order valence-corrected chi connectivity index (χ3v) is 21.8. The molecule has 12 aromatic carbocycles. The summed E-state index contributed by atoms with van der Waals surface area (Å²) in [6.07, 6.45) is 3.90. The van der Waals surface area contributed by atoms with Crippen molar-refractivity contribution in [2.75, 3.05) is 0 Å². The van der Waals surface area contributed by atoms with Gasteiger partial charge in [0.1, 0.15) is 11.4 Å². The summed E-state index contributed by atoms with van der Waals surface area (Å²) in [5.41, 5.74) is 33.9. The highest BCUT2D eigenvalue weighted by Gasteiger charge is 2.40. The maximum atomic E-state index is 6.64. The molecule has 7 heterocycles. The van der Waals surface area contributed by atoms with E-state index in [-0.39, 0.29) is 0 Å². The van der Waals surface area contributed by atoms with Gasteiger partial charge in [-0.3, -0.25) is 0 Å². The normalized spacial score (nSPS) is 13.4. The molecule has 17 aromatic rings. The third kappa shape index (κ3) is 12.4. The van der Waals surface area contributed by atoms with Crippen LogP contribution in [0.5, 0.6) is 0 Å². The molecule has 7 nitrogen and oxygen atoms in total. The Balaban J connectivity index is 1.06. The first-order chi connectivity index (χ1) is 56.6. The van der Waals surface area contributed by atoms with Crippen LogP contribution in [0.15, 0.2) is 440 Å². The second-order valence-corrected chi connectivity index (χ2v) is 28.7. The van der Waals surface area contributed by atoms with Crippen molar-refractivity contribution in [3.8, 4) is 78.4 Å². The van der Waals surface area contributed by atoms with Gasteiger partial charge in [-0.2, -0.15) is 0 Å². The number of fused-ring (bicyclic) bond motifs is 10. The van der Waals surface area contributed by atoms with Gasteiger partial charge in [0.2, 0.25) is 11.4 Å². The Kier molecular flexibility index (Phi) is 17.9. The lowest BCUT2D eigenvalue weighted by atomic mass is 9.83. The Hall–Kier alpha value is -15.3. The third-order valence-electron chi connectivity index (χ3n) is 21.8. The number of hydrogen-bond acceptors (Lipinski definition) is 3. The lowest BCUT2D eigenvalue weighted by Crippen LogP contribution is -2.23. The molecule has 7 heteroatoms. The number of aliphatic imine (C=N–C) groups is 2. The topological polar surface area (TPSA) is 97.5 Å². The smallest absolute Gasteiger partial charge is 0.229 e. The fourth-order valence-electron chi connectivity index (χ4n) is 16.8. The molecular formula is C107H73N7+2. The van der Waals surface area contributed by atoms with Crippen molar-refractivity contribution >= 4 is 56.0 Å². The number of aromatic amines is 4. The molecule has 0 atom stereocenters. The Morgan fingerprint density at radius 1 is 0.193 bits per heavy atom. The van der Waals surface area contributed by atoms with E-state index in [1.807, 2.05) is 36.7 Å². The molecule has 8 bridgehead atoms. The van der Waals surface area contributed by atoms with E-state index in [1.165, 1.54) is 0 Å². The average molecular weight is 1460 g/mol. The zero-order chi connectivity index (χ0) is 75.7. The summed E-state index contributed by atoms with van der Waals surface area (Å²) < 4.78 is 0. The number of allylic oxidation sites excluding steroid dienone is 4. The van der Waals surface area contributed by atoms with Crippen LogP contribution in [0.25, 0.3) is 123 Å². The van der Waals surface area contributed by atoms with E-state index >= 15 is 0 Å². The molecule has 20 rings (SSSR count). The molecule has 1 aliphatic carbocycles. The number of aromatic nitrogens is 5. The average Bonchev–Trinajstić information content (AvgIpc) is 1.55. The van der Waals surface area contributed by atoms with Crippen LogP contribution in [0.4, 0.5) is 0 Å².